The summed E-state index contributed by atoms with van der Waals surface area (Å²) in [5, 5.41) is 8.95. The molecule has 0 radical (unpaired) electrons. The molecule has 1 atom stereocenters. The molecular weight excluding hydrogens is 444 g/mol. The molecule has 1 aliphatic heterocycles. The maximum atomic E-state index is 10.9. The van der Waals surface area contributed by atoms with Crippen LogP contribution in [-0.2, 0) is 16.0 Å². The number of aryl methyl sites for hydroxylation is 2. The maximum Gasteiger partial charge on any atom is 0.303 e. The van der Waals surface area contributed by atoms with Crippen molar-refractivity contribution in [1.82, 2.24) is 4.98 Å². The molecule has 4 rings (SSSR count). The van der Waals surface area contributed by atoms with Gasteiger partial charge in [-0.2, -0.15) is 0 Å². The van der Waals surface area contributed by atoms with Crippen molar-refractivity contribution in [2.24, 2.45) is 0 Å². The first-order valence-corrected chi connectivity index (χ1v) is 12.2. The SMILES string of the molecule is Cc1cc(OC(C)c2oc(-c3cccc(N4CCOCC4)c3)nc2C(C)C)ccc1CCC(=O)O. The Morgan fingerprint density at radius 2 is 1.91 bits per heavy atom. The van der Waals surface area contributed by atoms with Crippen molar-refractivity contribution in [1.29, 1.82) is 0 Å². The Labute approximate surface area is 206 Å². The van der Waals surface area contributed by atoms with E-state index in [1.54, 1.807) is 0 Å². The number of aromatic nitrogens is 1. The fourth-order valence-electron chi connectivity index (χ4n) is 4.35. The Kier molecular flexibility index (Phi) is 7.76. The molecule has 1 fully saturated rings. The molecule has 186 valence electrons. The van der Waals surface area contributed by atoms with E-state index >= 15 is 0 Å². The first-order valence-electron chi connectivity index (χ1n) is 12.2. The zero-order valence-corrected chi connectivity index (χ0v) is 20.9. The summed E-state index contributed by atoms with van der Waals surface area (Å²) >= 11 is 0. The summed E-state index contributed by atoms with van der Waals surface area (Å²) < 4.78 is 18.0. The van der Waals surface area contributed by atoms with Gasteiger partial charge in [-0.25, -0.2) is 4.98 Å². The van der Waals surface area contributed by atoms with Crippen LogP contribution >= 0.6 is 0 Å². The van der Waals surface area contributed by atoms with Crippen LogP contribution in [0.15, 0.2) is 46.9 Å². The summed E-state index contributed by atoms with van der Waals surface area (Å²) in [6, 6.07) is 14.1. The van der Waals surface area contributed by atoms with Crippen molar-refractivity contribution in [3.05, 3.63) is 65.0 Å². The van der Waals surface area contributed by atoms with Crippen molar-refractivity contribution < 1.29 is 23.8 Å². The Morgan fingerprint density at radius 1 is 1.14 bits per heavy atom. The Morgan fingerprint density at radius 3 is 2.60 bits per heavy atom. The van der Waals surface area contributed by atoms with Gasteiger partial charge in [-0.05, 0) is 67.6 Å². The van der Waals surface area contributed by atoms with Crippen LogP contribution in [0, 0.1) is 6.92 Å². The number of nitrogens with zero attached hydrogens (tertiary/aromatic N) is 2. The van der Waals surface area contributed by atoms with E-state index in [-0.39, 0.29) is 18.4 Å². The second-order valence-electron chi connectivity index (χ2n) is 9.32. The minimum absolute atomic E-state index is 0.114. The standard InChI is InChI=1S/C28H34N2O5/c1-18(2)26-27(20(4)34-24-10-8-21(19(3)16-24)9-11-25(31)32)35-28(29-26)22-6-5-7-23(17-22)30-12-14-33-15-13-30/h5-8,10,16-18,20H,9,11-15H2,1-4H3,(H,31,32). The topological polar surface area (TPSA) is 85.0 Å². The molecule has 0 amide bonds. The van der Waals surface area contributed by atoms with Crippen molar-refractivity contribution in [3.8, 4) is 17.2 Å². The second-order valence-corrected chi connectivity index (χ2v) is 9.32. The summed E-state index contributed by atoms with van der Waals surface area (Å²) in [5.74, 6) is 1.41. The first-order chi connectivity index (χ1) is 16.8. The fraction of sp³-hybridized carbons (Fsp3) is 0.429. The lowest BCUT2D eigenvalue weighted by Gasteiger charge is -2.29. The van der Waals surface area contributed by atoms with Crippen LogP contribution < -0.4 is 9.64 Å². The van der Waals surface area contributed by atoms with Gasteiger partial charge in [-0.3, -0.25) is 4.79 Å². The molecule has 0 bridgehead atoms. The Bertz CT molecular complexity index is 1160. The van der Waals surface area contributed by atoms with Gasteiger partial charge in [0.15, 0.2) is 11.9 Å². The summed E-state index contributed by atoms with van der Waals surface area (Å²) in [6.45, 7) is 11.4. The van der Waals surface area contributed by atoms with E-state index < -0.39 is 5.97 Å². The van der Waals surface area contributed by atoms with Crippen LogP contribution in [0.4, 0.5) is 5.69 Å². The number of oxazole rings is 1. The van der Waals surface area contributed by atoms with Gasteiger partial charge in [0, 0.05) is 30.8 Å². The average Bonchev–Trinajstić information content (AvgIpc) is 3.30. The van der Waals surface area contributed by atoms with E-state index in [1.807, 2.05) is 44.2 Å². The lowest BCUT2D eigenvalue weighted by atomic mass is 10.0. The van der Waals surface area contributed by atoms with Crippen molar-refractivity contribution >= 4 is 11.7 Å². The second kappa shape index (κ2) is 11.0. The van der Waals surface area contributed by atoms with Crippen LogP contribution in [-0.4, -0.2) is 42.4 Å². The molecule has 7 nitrogen and oxygen atoms in total. The average molecular weight is 479 g/mol. The third-order valence-electron chi connectivity index (χ3n) is 6.30. The van der Waals surface area contributed by atoms with Gasteiger partial charge in [-0.1, -0.05) is 26.0 Å². The van der Waals surface area contributed by atoms with Crippen LogP contribution in [0.2, 0.25) is 0 Å². The zero-order valence-electron chi connectivity index (χ0n) is 20.9. The third kappa shape index (κ3) is 6.03. The van der Waals surface area contributed by atoms with Gasteiger partial charge < -0.3 is 23.9 Å². The molecule has 1 aromatic heterocycles. The van der Waals surface area contributed by atoms with Crippen LogP contribution in [0.3, 0.4) is 0 Å². The van der Waals surface area contributed by atoms with E-state index in [9.17, 15) is 4.79 Å². The number of rotatable bonds is 9. The van der Waals surface area contributed by atoms with Gasteiger partial charge >= 0.3 is 5.97 Å². The summed E-state index contributed by atoms with van der Waals surface area (Å²) in [5.41, 5.74) is 4.99. The highest BCUT2D eigenvalue weighted by Gasteiger charge is 2.24. The normalized spacial score (nSPS) is 14.8. The lowest BCUT2D eigenvalue weighted by molar-refractivity contribution is -0.136. The molecule has 35 heavy (non-hydrogen) atoms. The fourth-order valence-corrected chi connectivity index (χ4v) is 4.35. The summed E-state index contributed by atoms with van der Waals surface area (Å²) in [7, 11) is 0. The lowest BCUT2D eigenvalue weighted by Crippen LogP contribution is -2.36. The number of carboxylic acid groups (broad SMARTS) is 1. The largest absolute Gasteiger partial charge is 0.483 e. The monoisotopic (exact) mass is 478 g/mol. The molecule has 1 N–H and O–H groups in total. The molecule has 7 heteroatoms. The number of ether oxygens (including phenoxy) is 2. The van der Waals surface area contributed by atoms with Crippen LogP contribution in [0.1, 0.15) is 61.8 Å². The highest BCUT2D eigenvalue weighted by molar-refractivity contribution is 5.67. The number of carboxylic acids is 1. The van der Waals surface area contributed by atoms with Crippen molar-refractivity contribution in [3.63, 3.8) is 0 Å². The smallest absolute Gasteiger partial charge is 0.303 e. The van der Waals surface area contributed by atoms with Gasteiger partial charge in [0.1, 0.15) is 5.75 Å². The van der Waals surface area contributed by atoms with Gasteiger partial charge in [-0.15, -0.1) is 0 Å². The van der Waals surface area contributed by atoms with E-state index in [4.69, 9.17) is 24.0 Å². The number of aliphatic carboxylic acids is 1. The number of hydrogen-bond acceptors (Lipinski definition) is 6. The number of anilines is 1. The Balaban J connectivity index is 1.55. The van der Waals surface area contributed by atoms with Crippen molar-refractivity contribution in [2.75, 3.05) is 31.2 Å². The minimum atomic E-state index is -0.795. The van der Waals surface area contributed by atoms with Gasteiger partial charge in [0.2, 0.25) is 5.89 Å². The van der Waals surface area contributed by atoms with Crippen molar-refractivity contribution in [2.45, 2.75) is 52.6 Å². The number of carbonyl (C=O) groups is 1. The maximum absolute atomic E-state index is 10.9. The van der Waals surface area contributed by atoms with Gasteiger partial charge in [0.05, 0.1) is 18.9 Å². The van der Waals surface area contributed by atoms with E-state index in [0.717, 1.165) is 65.9 Å². The predicted octanol–water partition coefficient (Wildman–Crippen LogP) is 5.77. The molecular formula is C28H34N2O5. The molecule has 2 heterocycles. The molecule has 0 aliphatic carbocycles. The van der Waals surface area contributed by atoms with E-state index in [1.165, 1.54) is 0 Å². The molecule has 1 saturated heterocycles. The zero-order chi connectivity index (χ0) is 24.9. The minimum Gasteiger partial charge on any atom is -0.483 e. The molecule has 1 aliphatic rings. The Hall–Kier alpha value is -3.32. The highest BCUT2D eigenvalue weighted by atomic mass is 16.5. The first kappa shape index (κ1) is 24.8. The molecule has 1 unspecified atom stereocenters. The predicted molar refractivity (Wildman–Crippen MR) is 135 cm³/mol. The quantitative estimate of drug-likeness (QED) is 0.418. The number of benzene rings is 2. The number of morpholine rings is 1. The van der Waals surface area contributed by atoms with Gasteiger partial charge in [0.25, 0.3) is 0 Å². The summed E-state index contributed by atoms with van der Waals surface area (Å²) in [6.07, 6.45) is 0.284. The molecule has 0 saturated carbocycles. The summed E-state index contributed by atoms with van der Waals surface area (Å²) in [4.78, 5) is 18.1. The molecule has 0 spiro atoms. The highest BCUT2D eigenvalue weighted by Crippen LogP contribution is 2.34. The van der Waals surface area contributed by atoms with Crippen LogP contribution in [0.25, 0.3) is 11.5 Å². The van der Waals surface area contributed by atoms with E-state index in [0.29, 0.717) is 12.3 Å². The number of hydrogen-bond donors (Lipinski definition) is 1. The molecule has 2 aromatic carbocycles. The van der Waals surface area contributed by atoms with Crippen LogP contribution in [0.5, 0.6) is 5.75 Å². The third-order valence-corrected chi connectivity index (χ3v) is 6.30. The molecule has 3 aromatic rings. The van der Waals surface area contributed by atoms with E-state index in [2.05, 4.69) is 30.9 Å².